The second-order valence-electron chi connectivity index (χ2n) is 6.06. The minimum Gasteiger partial charge on any atom is -0.340 e. The lowest BCUT2D eigenvalue weighted by Crippen LogP contribution is -2.44. The van der Waals surface area contributed by atoms with Gasteiger partial charge in [-0.15, -0.1) is 0 Å². The van der Waals surface area contributed by atoms with Crippen molar-refractivity contribution in [2.45, 2.75) is 58.5 Å². The van der Waals surface area contributed by atoms with E-state index in [9.17, 15) is 4.79 Å². The maximum Gasteiger partial charge on any atom is 0.224 e. The first-order chi connectivity index (χ1) is 10.2. The second-order valence-corrected chi connectivity index (χ2v) is 6.06. The van der Waals surface area contributed by atoms with Gasteiger partial charge in [0.2, 0.25) is 5.91 Å². The van der Waals surface area contributed by atoms with Crippen LogP contribution in [0, 0.1) is 6.92 Å². The molecule has 0 aromatic heterocycles. The molecule has 0 bridgehead atoms. The van der Waals surface area contributed by atoms with Gasteiger partial charge >= 0.3 is 0 Å². The summed E-state index contributed by atoms with van der Waals surface area (Å²) in [5.41, 5.74) is 2.56. The molecule has 1 aromatic rings. The molecule has 1 fully saturated rings. The number of likely N-dealkylation sites (tertiary alicyclic amines) is 1. The van der Waals surface area contributed by atoms with Crippen LogP contribution < -0.4 is 5.32 Å². The Morgan fingerprint density at radius 1 is 1.29 bits per heavy atom. The van der Waals surface area contributed by atoms with Gasteiger partial charge in [0.25, 0.3) is 0 Å². The molecule has 0 spiro atoms. The minimum atomic E-state index is 0.318. The first-order valence-corrected chi connectivity index (χ1v) is 8.26. The summed E-state index contributed by atoms with van der Waals surface area (Å²) in [4.78, 5) is 14.4. The quantitative estimate of drug-likeness (QED) is 0.815. The van der Waals surface area contributed by atoms with Crippen molar-refractivity contribution in [1.82, 2.24) is 10.2 Å². The van der Waals surface area contributed by atoms with Gasteiger partial charge in [-0.05, 0) is 38.2 Å². The topological polar surface area (TPSA) is 32.3 Å². The lowest BCUT2D eigenvalue weighted by molar-refractivity contribution is -0.134. The van der Waals surface area contributed by atoms with Crippen LogP contribution in [0.4, 0.5) is 0 Å². The van der Waals surface area contributed by atoms with E-state index < -0.39 is 0 Å². The van der Waals surface area contributed by atoms with Gasteiger partial charge in [0, 0.05) is 32.1 Å². The van der Waals surface area contributed by atoms with Gasteiger partial charge in [-0.2, -0.15) is 0 Å². The number of carbonyl (C=O) groups excluding carboxylic acids is 1. The monoisotopic (exact) mass is 288 g/mol. The highest BCUT2D eigenvalue weighted by Gasteiger charge is 2.24. The molecule has 1 heterocycles. The van der Waals surface area contributed by atoms with E-state index in [1.807, 2.05) is 0 Å². The number of amides is 1. The predicted octanol–water partition coefficient (Wildman–Crippen LogP) is 3.27. The Morgan fingerprint density at radius 2 is 2.05 bits per heavy atom. The summed E-state index contributed by atoms with van der Waals surface area (Å²) < 4.78 is 0. The van der Waals surface area contributed by atoms with Crippen LogP contribution in [-0.2, 0) is 11.3 Å². The molecule has 21 heavy (non-hydrogen) atoms. The van der Waals surface area contributed by atoms with Crippen LogP contribution in [0.25, 0.3) is 0 Å². The van der Waals surface area contributed by atoms with Crippen molar-refractivity contribution in [3.05, 3.63) is 35.4 Å². The van der Waals surface area contributed by atoms with Crippen LogP contribution in [0.2, 0.25) is 0 Å². The molecule has 1 unspecified atom stereocenters. The van der Waals surface area contributed by atoms with Crippen molar-refractivity contribution in [2.75, 3.05) is 13.1 Å². The van der Waals surface area contributed by atoms with Crippen molar-refractivity contribution < 1.29 is 4.79 Å². The summed E-state index contributed by atoms with van der Waals surface area (Å²) in [6, 6.07) is 9.01. The molecule has 3 nitrogen and oxygen atoms in total. The molecule has 1 amide bonds. The maximum atomic E-state index is 12.3. The Balaban J connectivity index is 1.70. The number of benzene rings is 1. The molecule has 1 aromatic carbocycles. The number of aryl methyl sites for hydroxylation is 1. The normalized spacial score (nSPS) is 18.8. The molecular weight excluding hydrogens is 260 g/mol. The molecule has 1 saturated heterocycles. The second kappa shape index (κ2) is 8.18. The lowest BCUT2D eigenvalue weighted by Gasteiger charge is -2.35. The largest absolute Gasteiger partial charge is 0.340 e. The summed E-state index contributed by atoms with van der Waals surface area (Å²) >= 11 is 0. The van der Waals surface area contributed by atoms with Crippen molar-refractivity contribution >= 4 is 5.91 Å². The maximum absolute atomic E-state index is 12.3. The minimum absolute atomic E-state index is 0.318. The van der Waals surface area contributed by atoms with Gasteiger partial charge in [-0.3, -0.25) is 4.79 Å². The van der Waals surface area contributed by atoms with Crippen LogP contribution in [0.15, 0.2) is 24.3 Å². The molecule has 1 N–H and O–H groups in total. The van der Waals surface area contributed by atoms with Gasteiger partial charge < -0.3 is 10.2 Å². The zero-order valence-corrected chi connectivity index (χ0v) is 13.4. The number of piperidine rings is 1. The van der Waals surface area contributed by atoms with E-state index in [0.29, 0.717) is 18.4 Å². The van der Waals surface area contributed by atoms with Crippen molar-refractivity contribution in [1.29, 1.82) is 0 Å². The van der Waals surface area contributed by atoms with Crippen molar-refractivity contribution in [3.63, 3.8) is 0 Å². The average Bonchev–Trinajstić information content (AvgIpc) is 2.53. The molecule has 3 heteroatoms. The van der Waals surface area contributed by atoms with Crippen molar-refractivity contribution in [2.24, 2.45) is 0 Å². The molecule has 1 atom stereocenters. The number of hydrogen-bond acceptors (Lipinski definition) is 2. The fourth-order valence-electron chi connectivity index (χ4n) is 3.03. The third-order valence-corrected chi connectivity index (χ3v) is 4.38. The van der Waals surface area contributed by atoms with E-state index in [4.69, 9.17) is 0 Å². The highest BCUT2D eigenvalue weighted by molar-refractivity contribution is 5.76. The van der Waals surface area contributed by atoms with Gasteiger partial charge in [-0.1, -0.05) is 36.8 Å². The van der Waals surface area contributed by atoms with Crippen LogP contribution in [0.5, 0.6) is 0 Å². The molecule has 0 saturated carbocycles. The molecule has 0 radical (unpaired) electrons. The number of rotatable bonds is 6. The Morgan fingerprint density at radius 3 is 2.76 bits per heavy atom. The molecular formula is C18H28N2O. The van der Waals surface area contributed by atoms with Crippen LogP contribution >= 0.6 is 0 Å². The number of nitrogens with one attached hydrogen (secondary N) is 1. The average molecular weight is 288 g/mol. The van der Waals surface area contributed by atoms with Crippen molar-refractivity contribution in [3.8, 4) is 0 Å². The smallest absolute Gasteiger partial charge is 0.224 e. The van der Waals surface area contributed by atoms with Crippen LogP contribution in [-0.4, -0.2) is 29.9 Å². The zero-order chi connectivity index (χ0) is 15.1. The fourth-order valence-corrected chi connectivity index (χ4v) is 3.03. The van der Waals surface area contributed by atoms with Crippen LogP contribution in [0.1, 0.15) is 50.2 Å². The lowest BCUT2D eigenvalue weighted by atomic mass is 9.99. The van der Waals surface area contributed by atoms with E-state index in [0.717, 1.165) is 26.1 Å². The van der Waals surface area contributed by atoms with E-state index in [2.05, 4.69) is 48.3 Å². The third kappa shape index (κ3) is 4.85. The first-order valence-electron chi connectivity index (χ1n) is 8.26. The highest BCUT2D eigenvalue weighted by Crippen LogP contribution is 2.20. The summed E-state index contributed by atoms with van der Waals surface area (Å²) in [6.07, 6.45) is 5.32. The van der Waals surface area contributed by atoms with E-state index in [1.54, 1.807) is 0 Å². The standard InChI is InChI=1S/C18H28N2O/c1-3-17-6-4-5-13-20(17)18(21)11-12-19-14-16-9-7-15(2)8-10-16/h7-10,17,19H,3-6,11-14H2,1-2H3. The van der Waals surface area contributed by atoms with E-state index >= 15 is 0 Å². The van der Waals surface area contributed by atoms with Gasteiger partial charge in [0.1, 0.15) is 0 Å². The Kier molecular flexibility index (Phi) is 6.24. The first kappa shape index (κ1) is 16.0. The molecule has 2 rings (SSSR count). The highest BCUT2D eigenvalue weighted by atomic mass is 16.2. The molecule has 116 valence electrons. The number of carbonyl (C=O) groups is 1. The Bertz CT molecular complexity index is 441. The number of nitrogens with zero attached hydrogens (tertiary/aromatic N) is 1. The van der Waals surface area contributed by atoms with Gasteiger partial charge in [0.15, 0.2) is 0 Å². The molecule has 0 aliphatic carbocycles. The zero-order valence-electron chi connectivity index (χ0n) is 13.4. The fraction of sp³-hybridized carbons (Fsp3) is 0.611. The van der Waals surface area contributed by atoms with Gasteiger partial charge in [0.05, 0.1) is 0 Å². The summed E-state index contributed by atoms with van der Waals surface area (Å²) in [6.45, 7) is 6.84. The molecule has 1 aliphatic heterocycles. The summed E-state index contributed by atoms with van der Waals surface area (Å²) in [5.74, 6) is 0.318. The Hall–Kier alpha value is -1.35. The van der Waals surface area contributed by atoms with E-state index in [-0.39, 0.29) is 0 Å². The molecule has 1 aliphatic rings. The van der Waals surface area contributed by atoms with Crippen LogP contribution in [0.3, 0.4) is 0 Å². The van der Waals surface area contributed by atoms with Gasteiger partial charge in [-0.25, -0.2) is 0 Å². The SMILES string of the molecule is CCC1CCCCN1C(=O)CCNCc1ccc(C)cc1. The predicted molar refractivity (Wildman–Crippen MR) is 87.1 cm³/mol. The summed E-state index contributed by atoms with van der Waals surface area (Å²) in [7, 11) is 0. The Labute approximate surface area is 128 Å². The summed E-state index contributed by atoms with van der Waals surface area (Å²) in [5, 5.41) is 3.38. The number of hydrogen-bond donors (Lipinski definition) is 1. The third-order valence-electron chi connectivity index (χ3n) is 4.38. The van der Waals surface area contributed by atoms with E-state index in [1.165, 1.54) is 30.4 Å².